The highest BCUT2D eigenvalue weighted by atomic mass is 15.3. The Labute approximate surface area is 196 Å². The molecule has 31 heavy (non-hydrogen) atoms. The molecule has 1 aromatic carbocycles. The average molecular weight is 432 g/mol. The van der Waals surface area contributed by atoms with Crippen molar-refractivity contribution in [1.29, 1.82) is 0 Å². The normalized spacial score (nSPS) is 13.9. The minimum Gasteiger partial charge on any atom is -0.306 e. The minimum atomic E-state index is 0.345. The fourth-order valence-electron chi connectivity index (χ4n) is 5.84. The largest absolute Gasteiger partial charge is 0.306 e. The van der Waals surface area contributed by atoms with Crippen LogP contribution in [0.3, 0.4) is 0 Å². The predicted molar refractivity (Wildman–Crippen MR) is 142 cm³/mol. The second-order valence-electron chi connectivity index (χ2n) is 13.5. The lowest BCUT2D eigenvalue weighted by Crippen LogP contribution is -2.44. The summed E-state index contributed by atoms with van der Waals surface area (Å²) in [5, 5.41) is 0. The number of hydrogen-bond donors (Lipinski definition) is 0. The van der Waals surface area contributed by atoms with Crippen molar-refractivity contribution >= 4 is 5.69 Å². The van der Waals surface area contributed by atoms with Crippen molar-refractivity contribution in [3.8, 4) is 0 Å². The van der Waals surface area contributed by atoms with Gasteiger partial charge in [0.05, 0.1) is 20.6 Å². The maximum atomic E-state index is 2.48. The molecule has 0 aliphatic rings. The predicted octanol–water partition coefficient (Wildman–Crippen LogP) is 7.63. The van der Waals surface area contributed by atoms with Gasteiger partial charge in [-0.25, -0.2) is 0 Å². The van der Waals surface area contributed by atoms with E-state index in [1.807, 2.05) is 0 Å². The first-order valence-corrected chi connectivity index (χ1v) is 12.5. The Hall–Kier alpha value is -0.860. The van der Waals surface area contributed by atoms with Gasteiger partial charge < -0.3 is 4.90 Å². The first-order chi connectivity index (χ1) is 13.9. The van der Waals surface area contributed by atoms with E-state index in [-0.39, 0.29) is 0 Å². The standard InChI is InChI=1S/C29H55N2/c1-14-30(11)19-17-25-15-16-26(24(3)23(25)2)31(12,13)20-18-28(7,8)22-29(9,10)21-27(4,5)6/h15-16H,14,17-22H2,1-13H3/q+1. The van der Waals surface area contributed by atoms with Crippen molar-refractivity contribution in [2.45, 2.75) is 94.9 Å². The van der Waals surface area contributed by atoms with Gasteiger partial charge >= 0.3 is 0 Å². The monoisotopic (exact) mass is 431 g/mol. The maximum absolute atomic E-state index is 2.48. The zero-order valence-electron chi connectivity index (χ0n) is 23.5. The summed E-state index contributed by atoms with van der Waals surface area (Å²) in [6, 6.07) is 4.79. The van der Waals surface area contributed by atoms with E-state index in [1.54, 1.807) is 0 Å². The molecule has 2 nitrogen and oxygen atoms in total. The van der Waals surface area contributed by atoms with Gasteiger partial charge in [0, 0.05) is 18.5 Å². The maximum Gasteiger partial charge on any atom is 0.135 e. The first-order valence-electron chi connectivity index (χ1n) is 12.5. The molecule has 0 radical (unpaired) electrons. The Kier molecular flexibility index (Phi) is 9.44. The molecule has 0 N–H and O–H groups in total. The molecule has 0 unspecified atom stereocenters. The molecular weight excluding hydrogens is 376 g/mol. The van der Waals surface area contributed by atoms with Gasteiger partial charge in [-0.05, 0) is 80.1 Å². The van der Waals surface area contributed by atoms with Gasteiger partial charge in [0.15, 0.2) is 0 Å². The fraction of sp³-hybridized carbons (Fsp3) is 0.793. The van der Waals surface area contributed by atoms with E-state index in [2.05, 4.69) is 107 Å². The molecule has 0 saturated heterocycles. The van der Waals surface area contributed by atoms with E-state index < -0.39 is 0 Å². The van der Waals surface area contributed by atoms with Gasteiger partial charge in [-0.3, -0.25) is 4.48 Å². The minimum absolute atomic E-state index is 0.345. The van der Waals surface area contributed by atoms with Crippen molar-refractivity contribution in [3.63, 3.8) is 0 Å². The second-order valence-corrected chi connectivity index (χ2v) is 13.5. The van der Waals surface area contributed by atoms with E-state index in [4.69, 9.17) is 0 Å². The smallest absolute Gasteiger partial charge is 0.135 e. The van der Waals surface area contributed by atoms with Crippen molar-refractivity contribution in [2.75, 3.05) is 40.8 Å². The second kappa shape index (κ2) is 10.4. The number of quaternary nitrogens is 1. The summed E-state index contributed by atoms with van der Waals surface area (Å²) in [6.45, 7) is 27.3. The van der Waals surface area contributed by atoms with Crippen molar-refractivity contribution in [2.24, 2.45) is 16.2 Å². The topological polar surface area (TPSA) is 3.24 Å². The molecule has 1 rings (SSSR count). The summed E-state index contributed by atoms with van der Waals surface area (Å²) in [5.74, 6) is 0. The van der Waals surface area contributed by atoms with E-state index in [0.29, 0.717) is 16.2 Å². The zero-order valence-corrected chi connectivity index (χ0v) is 23.5. The zero-order chi connectivity index (χ0) is 24.3. The molecular formula is C29H55N2+. The quantitative estimate of drug-likeness (QED) is 0.325. The van der Waals surface area contributed by atoms with Crippen LogP contribution in [0.5, 0.6) is 0 Å². The molecule has 0 aliphatic heterocycles. The molecule has 0 spiro atoms. The van der Waals surface area contributed by atoms with Gasteiger partial charge in [-0.2, -0.15) is 0 Å². The molecule has 0 aromatic heterocycles. The number of benzene rings is 1. The molecule has 0 heterocycles. The molecule has 1 aromatic rings. The SMILES string of the molecule is CCN(C)CCc1ccc([N+](C)(C)CCC(C)(C)CC(C)(C)CC(C)(C)C)c(C)c1C. The van der Waals surface area contributed by atoms with Crippen LogP contribution in [0.1, 0.15) is 91.3 Å². The molecule has 0 atom stereocenters. The molecule has 0 saturated carbocycles. The van der Waals surface area contributed by atoms with Crippen LogP contribution in [0.15, 0.2) is 12.1 Å². The summed E-state index contributed by atoms with van der Waals surface area (Å²) >= 11 is 0. The van der Waals surface area contributed by atoms with Crippen molar-refractivity contribution in [1.82, 2.24) is 9.38 Å². The third-order valence-electron chi connectivity index (χ3n) is 7.14. The third-order valence-corrected chi connectivity index (χ3v) is 7.14. The molecule has 0 amide bonds. The summed E-state index contributed by atoms with van der Waals surface area (Å²) in [6.07, 6.45) is 4.93. The average Bonchev–Trinajstić information content (AvgIpc) is 2.57. The number of hydrogen-bond acceptors (Lipinski definition) is 1. The Morgan fingerprint density at radius 1 is 0.839 bits per heavy atom. The van der Waals surface area contributed by atoms with Gasteiger partial charge in [-0.15, -0.1) is 0 Å². The van der Waals surface area contributed by atoms with Crippen LogP contribution < -0.4 is 4.48 Å². The molecule has 180 valence electrons. The summed E-state index contributed by atoms with van der Waals surface area (Å²) in [7, 11) is 6.99. The van der Waals surface area contributed by atoms with E-state index in [0.717, 1.165) is 24.0 Å². The van der Waals surface area contributed by atoms with Gasteiger partial charge in [-0.1, -0.05) is 61.5 Å². The third kappa shape index (κ3) is 9.26. The fourth-order valence-corrected chi connectivity index (χ4v) is 5.84. The number of rotatable bonds is 11. The summed E-state index contributed by atoms with van der Waals surface area (Å²) in [5.41, 5.74) is 7.06. The Morgan fingerprint density at radius 3 is 1.94 bits per heavy atom. The number of likely N-dealkylation sites (N-methyl/N-ethyl adjacent to an activating group) is 1. The summed E-state index contributed by atoms with van der Waals surface area (Å²) in [4.78, 5) is 2.39. The van der Waals surface area contributed by atoms with Gasteiger partial charge in [0.25, 0.3) is 0 Å². The van der Waals surface area contributed by atoms with Crippen molar-refractivity contribution in [3.05, 3.63) is 28.8 Å². The van der Waals surface area contributed by atoms with Gasteiger partial charge in [0.1, 0.15) is 5.69 Å². The highest BCUT2D eigenvalue weighted by Crippen LogP contribution is 2.43. The van der Waals surface area contributed by atoms with Crippen LogP contribution in [0.4, 0.5) is 5.69 Å². The molecule has 0 aliphatic carbocycles. The van der Waals surface area contributed by atoms with Crippen LogP contribution in [0.25, 0.3) is 0 Å². The summed E-state index contributed by atoms with van der Waals surface area (Å²) < 4.78 is 0.963. The van der Waals surface area contributed by atoms with Crippen molar-refractivity contribution < 1.29 is 0 Å². The van der Waals surface area contributed by atoms with Crippen LogP contribution in [-0.4, -0.2) is 45.7 Å². The molecule has 0 bridgehead atoms. The lowest BCUT2D eigenvalue weighted by molar-refractivity contribution is 0.121. The highest BCUT2D eigenvalue weighted by molar-refractivity contribution is 5.55. The molecule has 2 heteroatoms. The Bertz CT molecular complexity index is 704. The lowest BCUT2D eigenvalue weighted by Gasteiger charge is -2.40. The van der Waals surface area contributed by atoms with Gasteiger partial charge in [0.2, 0.25) is 0 Å². The van der Waals surface area contributed by atoms with E-state index >= 15 is 0 Å². The van der Waals surface area contributed by atoms with Crippen LogP contribution in [0, 0.1) is 30.1 Å². The molecule has 0 fully saturated rings. The Balaban J connectivity index is 2.90. The first kappa shape index (κ1) is 28.2. The van der Waals surface area contributed by atoms with Crippen LogP contribution in [0.2, 0.25) is 0 Å². The van der Waals surface area contributed by atoms with E-state index in [1.165, 1.54) is 48.2 Å². The number of nitrogens with zero attached hydrogens (tertiary/aromatic N) is 2. The van der Waals surface area contributed by atoms with Crippen LogP contribution >= 0.6 is 0 Å². The van der Waals surface area contributed by atoms with E-state index in [9.17, 15) is 0 Å². The Morgan fingerprint density at radius 2 is 1.42 bits per heavy atom. The lowest BCUT2D eigenvalue weighted by atomic mass is 9.67. The highest BCUT2D eigenvalue weighted by Gasteiger charge is 2.34. The van der Waals surface area contributed by atoms with Crippen LogP contribution in [-0.2, 0) is 6.42 Å².